The van der Waals surface area contributed by atoms with Crippen molar-refractivity contribution in [2.75, 3.05) is 91.5 Å². The molecular weight excluding hydrogens is 761 g/mol. The molecule has 318 valence electrons. The molecule has 0 saturated carbocycles. The highest BCUT2D eigenvalue weighted by Gasteiger charge is 2.37. The van der Waals surface area contributed by atoms with Crippen LogP contribution in [0.2, 0.25) is 0 Å². The Balaban J connectivity index is 0.954. The van der Waals surface area contributed by atoms with E-state index in [1.807, 2.05) is 47.1 Å². The molecule has 4 aliphatic rings. The maximum absolute atomic E-state index is 14.3. The minimum Gasteiger partial charge on any atom is -0.455 e. The average Bonchev–Trinajstić information content (AvgIpc) is 3.41. The molecule has 3 aromatic rings. The Hall–Kier alpha value is -5.42. The van der Waals surface area contributed by atoms with E-state index >= 15 is 0 Å². The number of nitrogens with one attached hydrogen (secondary N) is 1. The molecule has 5 heterocycles. The number of piperidine rings is 2. The Morgan fingerprint density at radius 3 is 2.29 bits per heavy atom. The van der Waals surface area contributed by atoms with Crippen LogP contribution < -0.4 is 11.1 Å². The van der Waals surface area contributed by atoms with Crippen molar-refractivity contribution in [3.63, 3.8) is 0 Å². The molecule has 4 aliphatic heterocycles. The van der Waals surface area contributed by atoms with Crippen molar-refractivity contribution in [3.05, 3.63) is 63.6 Å². The van der Waals surface area contributed by atoms with Gasteiger partial charge in [0.2, 0.25) is 0 Å². The minimum absolute atomic E-state index is 0.0360. The number of esters is 1. The first-order valence-electron chi connectivity index (χ1n) is 20.7. The van der Waals surface area contributed by atoms with Gasteiger partial charge in [-0.15, -0.1) is 0 Å². The molecule has 0 unspecified atom stereocenters. The Labute approximate surface area is 343 Å². The molecule has 0 spiro atoms. The van der Waals surface area contributed by atoms with Gasteiger partial charge in [-0.2, -0.15) is 0 Å². The Morgan fingerprint density at radius 2 is 1.58 bits per heavy atom. The van der Waals surface area contributed by atoms with E-state index in [-0.39, 0.29) is 43.5 Å². The number of hydrogen-bond acceptors (Lipinski definition) is 11. The predicted octanol–water partition coefficient (Wildman–Crippen LogP) is 2.28. The molecule has 5 amide bonds. The van der Waals surface area contributed by atoms with Gasteiger partial charge < -0.3 is 38.8 Å². The molecule has 1 aromatic heterocycles. The highest BCUT2D eigenvalue weighted by Crippen LogP contribution is 2.27. The molecule has 7 rings (SSSR count). The van der Waals surface area contributed by atoms with Crippen LogP contribution in [0.1, 0.15) is 42.4 Å². The van der Waals surface area contributed by atoms with Crippen LogP contribution >= 0.6 is 0 Å². The molecule has 0 bridgehead atoms. The maximum Gasteiger partial charge on any atom is 0.419 e. The number of ether oxygens (including phenoxy) is 2. The number of fused-ring (bicyclic) bond motifs is 2. The number of nitrogens with zero attached hydrogens (tertiary/aromatic N) is 7. The number of hydrogen-bond donors (Lipinski definition) is 1. The normalized spacial score (nSPS) is 19.2. The minimum atomic E-state index is -1.11. The molecule has 0 radical (unpaired) electrons. The number of oxazole rings is 1. The molecule has 17 heteroatoms. The molecule has 0 aliphatic carbocycles. The van der Waals surface area contributed by atoms with E-state index in [0.29, 0.717) is 81.4 Å². The van der Waals surface area contributed by atoms with E-state index in [0.717, 1.165) is 49.2 Å². The number of piperazine rings is 1. The van der Waals surface area contributed by atoms with Gasteiger partial charge in [-0.05, 0) is 67.9 Å². The van der Waals surface area contributed by atoms with E-state index in [4.69, 9.17) is 13.9 Å². The summed E-state index contributed by atoms with van der Waals surface area (Å²) in [6.45, 7) is 6.82. The number of para-hydroxylation sites is 1. The highest BCUT2D eigenvalue weighted by atomic mass is 16.6. The SMILES string of the molecule is Cc1cc(C[C@@H](OC(=O)N2CCC(N3CCc4ccccc4NC3=O)CC2)C(=O)N2CCN(C3CCN(CC(=O)OCC(=O)N(C)C)CC3)CC2)cc2oc(=O)n(C)c12. The van der Waals surface area contributed by atoms with Crippen molar-refractivity contribution < 1.29 is 37.9 Å². The van der Waals surface area contributed by atoms with E-state index in [2.05, 4.69) is 10.2 Å². The fourth-order valence-electron chi connectivity index (χ4n) is 8.84. The van der Waals surface area contributed by atoms with Gasteiger partial charge in [-0.1, -0.05) is 24.3 Å². The third-order valence-electron chi connectivity index (χ3n) is 12.3. The number of likely N-dealkylation sites (tertiary alicyclic amines) is 2. The van der Waals surface area contributed by atoms with Gasteiger partial charge in [-0.3, -0.25) is 28.8 Å². The van der Waals surface area contributed by atoms with Gasteiger partial charge in [0.25, 0.3) is 11.8 Å². The predicted molar refractivity (Wildman–Crippen MR) is 218 cm³/mol. The van der Waals surface area contributed by atoms with Crippen molar-refractivity contribution in [3.8, 4) is 0 Å². The van der Waals surface area contributed by atoms with Gasteiger partial charge in [0.1, 0.15) is 0 Å². The Morgan fingerprint density at radius 1 is 0.881 bits per heavy atom. The van der Waals surface area contributed by atoms with Crippen molar-refractivity contribution in [1.82, 2.24) is 34.0 Å². The summed E-state index contributed by atoms with van der Waals surface area (Å²) in [5.41, 5.74) is 4.52. The lowest BCUT2D eigenvalue weighted by Gasteiger charge is -2.43. The second-order valence-corrected chi connectivity index (χ2v) is 16.3. The lowest BCUT2D eigenvalue weighted by atomic mass is 10.0. The van der Waals surface area contributed by atoms with Crippen LogP contribution in [0.25, 0.3) is 11.1 Å². The molecule has 2 aromatic carbocycles. The van der Waals surface area contributed by atoms with Gasteiger partial charge >= 0.3 is 23.8 Å². The standard InChI is InChI=1S/C42H56N8O9/c1-28-23-29(24-34-38(28)45(4)41(55)58-34)25-35(59-42(56)49-16-12-32(13-17-49)50-18-9-30-7-5-6-8-33(30)43-40(50)54)39(53)48-21-19-47(20-22-48)31-10-14-46(15-11-31)26-37(52)57-27-36(51)44(2)3/h5-8,23-24,31-32,35H,9-22,25-27H2,1-4H3,(H,43,54)/t35-/m1/s1. The molecule has 3 saturated heterocycles. The first-order valence-corrected chi connectivity index (χ1v) is 20.7. The van der Waals surface area contributed by atoms with Crippen LogP contribution in [0, 0.1) is 6.92 Å². The number of aromatic nitrogens is 1. The second kappa shape index (κ2) is 18.2. The average molecular weight is 817 g/mol. The van der Waals surface area contributed by atoms with Crippen LogP contribution in [-0.2, 0) is 43.7 Å². The first kappa shape index (κ1) is 41.7. The zero-order valence-electron chi connectivity index (χ0n) is 34.5. The number of rotatable bonds is 10. The van der Waals surface area contributed by atoms with Gasteiger partial charge in [0, 0.05) is 104 Å². The monoisotopic (exact) mass is 816 g/mol. The van der Waals surface area contributed by atoms with Crippen LogP contribution in [0.4, 0.5) is 15.3 Å². The number of benzene rings is 2. The largest absolute Gasteiger partial charge is 0.455 e. The number of anilines is 1. The fourth-order valence-corrected chi connectivity index (χ4v) is 8.84. The number of carbonyl (C=O) groups is 5. The lowest BCUT2D eigenvalue weighted by Crippen LogP contribution is -2.57. The highest BCUT2D eigenvalue weighted by molar-refractivity contribution is 5.91. The van der Waals surface area contributed by atoms with Crippen molar-refractivity contribution in [1.29, 1.82) is 0 Å². The van der Waals surface area contributed by atoms with Crippen molar-refractivity contribution in [2.45, 2.75) is 63.6 Å². The second-order valence-electron chi connectivity index (χ2n) is 16.3. The van der Waals surface area contributed by atoms with Crippen molar-refractivity contribution in [2.24, 2.45) is 7.05 Å². The number of likely N-dealkylation sites (N-methyl/N-ethyl adjacent to an activating group) is 1. The smallest absolute Gasteiger partial charge is 0.419 e. The summed E-state index contributed by atoms with van der Waals surface area (Å²) in [6, 6.07) is 11.6. The third-order valence-corrected chi connectivity index (χ3v) is 12.3. The number of aryl methyl sites for hydroxylation is 2. The van der Waals surface area contributed by atoms with Crippen LogP contribution in [0.5, 0.6) is 0 Å². The first-order chi connectivity index (χ1) is 28.3. The summed E-state index contributed by atoms with van der Waals surface area (Å²) in [5, 5.41) is 3.04. The summed E-state index contributed by atoms with van der Waals surface area (Å²) in [7, 11) is 4.88. The zero-order valence-corrected chi connectivity index (χ0v) is 34.5. The summed E-state index contributed by atoms with van der Waals surface area (Å²) in [5.74, 6) is -1.43. The summed E-state index contributed by atoms with van der Waals surface area (Å²) in [4.78, 5) is 88.8. The van der Waals surface area contributed by atoms with Crippen LogP contribution in [-0.4, -0.2) is 168 Å². The number of urea groups is 1. The maximum atomic E-state index is 14.3. The van der Waals surface area contributed by atoms with E-state index < -0.39 is 23.9 Å². The van der Waals surface area contributed by atoms with Crippen LogP contribution in [0.15, 0.2) is 45.6 Å². The Bertz CT molecular complexity index is 2090. The summed E-state index contributed by atoms with van der Waals surface area (Å²) >= 11 is 0. The number of carbonyl (C=O) groups excluding carboxylic acids is 5. The van der Waals surface area contributed by atoms with E-state index in [1.165, 1.54) is 9.47 Å². The Kier molecular flexibility index (Phi) is 12.9. The lowest BCUT2D eigenvalue weighted by molar-refractivity contribution is -0.152. The quantitative estimate of drug-likeness (QED) is 0.298. The summed E-state index contributed by atoms with van der Waals surface area (Å²) < 4.78 is 18.2. The van der Waals surface area contributed by atoms with Gasteiger partial charge in [0.05, 0.1) is 12.1 Å². The zero-order chi connectivity index (χ0) is 41.8. The molecule has 17 nitrogen and oxygen atoms in total. The molecule has 1 atom stereocenters. The molecular formula is C42H56N8O9. The molecule has 1 N–H and O–H groups in total. The molecule has 3 fully saturated rings. The van der Waals surface area contributed by atoms with Crippen molar-refractivity contribution >= 4 is 46.7 Å². The van der Waals surface area contributed by atoms with E-state index in [1.54, 1.807) is 37.0 Å². The van der Waals surface area contributed by atoms with Gasteiger partial charge in [-0.25, -0.2) is 14.4 Å². The van der Waals surface area contributed by atoms with Crippen LogP contribution in [0.3, 0.4) is 0 Å². The number of amides is 5. The van der Waals surface area contributed by atoms with E-state index in [9.17, 15) is 28.8 Å². The molecule has 59 heavy (non-hydrogen) atoms. The third kappa shape index (κ3) is 9.73. The topological polar surface area (TPSA) is 170 Å². The fraction of sp³-hybridized carbons (Fsp3) is 0.571. The summed E-state index contributed by atoms with van der Waals surface area (Å²) in [6.07, 6.45) is 2.07. The van der Waals surface area contributed by atoms with Gasteiger partial charge in [0.15, 0.2) is 18.3 Å².